The van der Waals surface area contributed by atoms with Crippen LogP contribution in [0.15, 0.2) is 24.5 Å². The van der Waals surface area contributed by atoms with E-state index in [1.807, 2.05) is 29.4 Å². The van der Waals surface area contributed by atoms with Gasteiger partial charge in [-0.1, -0.05) is 6.07 Å². The molecule has 1 amide bonds. The van der Waals surface area contributed by atoms with Gasteiger partial charge in [0, 0.05) is 38.6 Å². The summed E-state index contributed by atoms with van der Waals surface area (Å²) in [6.45, 7) is 4.29. The lowest BCUT2D eigenvalue weighted by molar-refractivity contribution is 0.0666. The molecule has 3 rings (SSSR count). The zero-order valence-electron chi connectivity index (χ0n) is 13.5. The van der Waals surface area contributed by atoms with Gasteiger partial charge >= 0.3 is 0 Å². The van der Waals surface area contributed by atoms with Gasteiger partial charge in [0.1, 0.15) is 5.52 Å². The normalized spacial score (nSPS) is 16.2. The Morgan fingerprint density at radius 2 is 2.00 bits per heavy atom. The van der Waals surface area contributed by atoms with Crippen molar-refractivity contribution in [2.45, 2.75) is 19.4 Å². The number of hydrogen-bond acceptors (Lipinski definition) is 3. The monoisotopic (exact) mass is 334 g/mol. The van der Waals surface area contributed by atoms with Gasteiger partial charge in [0.25, 0.3) is 5.91 Å². The maximum atomic E-state index is 12.8. The molecule has 0 saturated carbocycles. The van der Waals surface area contributed by atoms with Gasteiger partial charge < -0.3 is 14.4 Å². The van der Waals surface area contributed by atoms with Crippen LogP contribution in [0.3, 0.4) is 0 Å². The first-order chi connectivity index (χ1) is 11.2. The lowest BCUT2D eigenvalue weighted by Crippen LogP contribution is -2.47. The number of para-hydroxylation sites is 1. The van der Waals surface area contributed by atoms with Gasteiger partial charge in [0.2, 0.25) is 0 Å². The quantitative estimate of drug-likeness (QED) is 0.623. The van der Waals surface area contributed by atoms with Crippen LogP contribution in [0.1, 0.15) is 23.2 Å². The number of benzene rings is 1. The zero-order chi connectivity index (χ0) is 16.2. The number of aromatic nitrogens is 2. The summed E-state index contributed by atoms with van der Waals surface area (Å²) >= 11 is 5.74. The fourth-order valence-corrected chi connectivity index (χ4v) is 3.18. The number of unbranched alkanes of at least 4 members (excludes halogenated alkanes) is 1. The van der Waals surface area contributed by atoms with Crippen LogP contribution in [0.25, 0.3) is 11.0 Å². The molecule has 0 aliphatic carbocycles. The maximum absolute atomic E-state index is 12.8. The molecule has 0 radical (unpaired) electrons. The second kappa shape index (κ2) is 7.32. The van der Waals surface area contributed by atoms with Gasteiger partial charge in [0.15, 0.2) is 0 Å². The van der Waals surface area contributed by atoms with Crippen molar-refractivity contribution in [3.05, 3.63) is 30.1 Å². The molecule has 1 aliphatic heterocycles. The van der Waals surface area contributed by atoms with E-state index < -0.39 is 0 Å². The molecule has 124 valence electrons. The minimum Gasteiger partial charge on any atom is -0.336 e. The number of amides is 1. The largest absolute Gasteiger partial charge is 0.336 e. The van der Waals surface area contributed by atoms with E-state index in [2.05, 4.69) is 21.5 Å². The molecular weight excluding hydrogens is 312 g/mol. The van der Waals surface area contributed by atoms with Crippen molar-refractivity contribution < 1.29 is 4.79 Å². The first-order valence-corrected chi connectivity index (χ1v) is 8.72. The highest BCUT2D eigenvalue weighted by Gasteiger charge is 2.22. The summed E-state index contributed by atoms with van der Waals surface area (Å²) in [6, 6.07) is 5.87. The summed E-state index contributed by atoms with van der Waals surface area (Å²) in [5, 5.41) is 0. The Kier molecular flexibility index (Phi) is 5.18. The lowest BCUT2D eigenvalue weighted by atomic mass is 10.1. The standard InChI is InChI=1S/C17H23ClN4O/c1-20-9-11-21(12-10-20)17(23)14-5-4-6-15-16(14)19-13-22(15)8-3-2-7-18/h4-6,13H,2-3,7-12H2,1H3. The molecule has 0 spiro atoms. The van der Waals surface area contributed by atoms with E-state index in [0.717, 1.165) is 56.6 Å². The Hall–Kier alpha value is -1.59. The average molecular weight is 335 g/mol. The van der Waals surface area contributed by atoms with Gasteiger partial charge in [-0.3, -0.25) is 4.79 Å². The number of fused-ring (bicyclic) bond motifs is 1. The number of carbonyl (C=O) groups excluding carboxylic acids is 1. The summed E-state index contributed by atoms with van der Waals surface area (Å²) in [5.74, 6) is 0.773. The Morgan fingerprint density at radius 3 is 2.74 bits per heavy atom. The molecule has 1 aromatic carbocycles. The molecule has 2 aromatic rings. The summed E-state index contributed by atoms with van der Waals surface area (Å²) < 4.78 is 2.11. The Bertz CT molecular complexity index is 676. The first-order valence-electron chi connectivity index (χ1n) is 8.18. The van der Waals surface area contributed by atoms with Crippen LogP contribution in [0.5, 0.6) is 0 Å². The molecule has 6 heteroatoms. The molecule has 1 fully saturated rings. The Balaban J connectivity index is 1.82. The first kappa shape index (κ1) is 16.3. The predicted octanol–water partition coefficient (Wildman–Crippen LogP) is 2.44. The molecule has 5 nitrogen and oxygen atoms in total. The van der Waals surface area contributed by atoms with E-state index in [4.69, 9.17) is 11.6 Å². The number of alkyl halides is 1. The molecule has 2 heterocycles. The molecule has 0 atom stereocenters. The number of carbonyl (C=O) groups is 1. The summed E-state index contributed by atoms with van der Waals surface area (Å²) in [7, 11) is 2.09. The van der Waals surface area contributed by atoms with Crippen molar-refractivity contribution >= 4 is 28.5 Å². The summed E-state index contributed by atoms with van der Waals surface area (Å²) in [6.07, 6.45) is 3.84. The second-order valence-corrected chi connectivity index (χ2v) is 6.48. The zero-order valence-corrected chi connectivity index (χ0v) is 14.3. The highest BCUT2D eigenvalue weighted by atomic mass is 35.5. The molecule has 1 aliphatic rings. The van der Waals surface area contributed by atoms with E-state index >= 15 is 0 Å². The maximum Gasteiger partial charge on any atom is 0.256 e. The van der Waals surface area contributed by atoms with E-state index in [9.17, 15) is 4.79 Å². The molecular formula is C17H23ClN4O. The van der Waals surface area contributed by atoms with Crippen LogP contribution in [-0.4, -0.2) is 64.4 Å². The molecule has 1 saturated heterocycles. The van der Waals surface area contributed by atoms with E-state index in [0.29, 0.717) is 11.4 Å². The Morgan fingerprint density at radius 1 is 1.22 bits per heavy atom. The van der Waals surface area contributed by atoms with Gasteiger partial charge in [-0.2, -0.15) is 0 Å². The number of aryl methyl sites for hydroxylation is 1. The number of nitrogens with zero attached hydrogens (tertiary/aromatic N) is 4. The summed E-state index contributed by atoms with van der Waals surface area (Å²) in [5.41, 5.74) is 2.55. The summed E-state index contributed by atoms with van der Waals surface area (Å²) in [4.78, 5) is 21.5. The van der Waals surface area contributed by atoms with Crippen molar-refractivity contribution in [1.82, 2.24) is 19.4 Å². The topological polar surface area (TPSA) is 41.4 Å². The third-order valence-corrected chi connectivity index (χ3v) is 4.72. The van der Waals surface area contributed by atoms with E-state index in [-0.39, 0.29) is 5.91 Å². The van der Waals surface area contributed by atoms with Crippen molar-refractivity contribution in [3.8, 4) is 0 Å². The van der Waals surface area contributed by atoms with Gasteiger partial charge in [-0.25, -0.2) is 4.98 Å². The third-order valence-electron chi connectivity index (χ3n) is 4.45. The van der Waals surface area contributed by atoms with Crippen LogP contribution >= 0.6 is 11.6 Å². The minimum atomic E-state index is 0.0923. The number of likely N-dealkylation sites (N-methyl/N-ethyl adjacent to an activating group) is 1. The van der Waals surface area contributed by atoms with Crippen LogP contribution in [-0.2, 0) is 6.54 Å². The number of rotatable bonds is 5. The Labute approximate surface area is 141 Å². The molecule has 23 heavy (non-hydrogen) atoms. The average Bonchev–Trinajstić information content (AvgIpc) is 2.98. The van der Waals surface area contributed by atoms with Gasteiger partial charge in [-0.05, 0) is 32.0 Å². The number of piperazine rings is 1. The lowest BCUT2D eigenvalue weighted by Gasteiger charge is -2.32. The van der Waals surface area contributed by atoms with Crippen molar-refractivity contribution in [3.63, 3.8) is 0 Å². The minimum absolute atomic E-state index is 0.0923. The molecule has 0 N–H and O–H groups in total. The molecule has 0 bridgehead atoms. The fourth-order valence-electron chi connectivity index (χ4n) is 3.00. The van der Waals surface area contributed by atoms with Crippen molar-refractivity contribution in [2.24, 2.45) is 0 Å². The second-order valence-electron chi connectivity index (χ2n) is 6.10. The van der Waals surface area contributed by atoms with E-state index in [1.165, 1.54) is 0 Å². The number of halogens is 1. The smallest absolute Gasteiger partial charge is 0.256 e. The highest BCUT2D eigenvalue weighted by Crippen LogP contribution is 2.20. The van der Waals surface area contributed by atoms with Crippen molar-refractivity contribution in [1.29, 1.82) is 0 Å². The third kappa shape index (κ3) is 3.51. The molecule has 1 aromatic heterocycles. The van der Waals surface area contributed by atoms with E-state index in [1.54, 1.807) is 0 Å². The van der Waals surface area contributed by atoms with Crippen LogP contribution in [0, 0.1) is 0 Å². The number of hydrogen-bond donors (Lipinski definition) is 0. The molecule has 0 unspecified atom stereocenters. The van der Waals surface area contributed by atoms with Gasteiger partial charge in [0.05, 0.1) is 17.4 Å². The van der Waals surface area contributed by atoms with Crippen LogP contribution in [0.4, 0.5) is 0 Å². The predicted molar refractivity (Wildman–Crippen MR) is 93.1 cm³/mol. The highest BCUT2D eigenvalue weighted by molar-refractivity contribution is 6.17. The number of imidazole rings is 1. The van der Waals surface area contributed by atoms with Gasteiger partial charge in [-0.15, -0.1) is 11.6 Å². The fraction of sp³-hybridized carbons (Fsp3) is 0.529. The SMILES string of the molecule is CN1CCN(C(=O)c2cccc3c2ncn3CCCCCl)CC1. The van der Waals surface area contributed by atoms with Crippen LogP contribution in [0.2, 0.25) is 0 Å². The van der Waals surface area contributed by atoms with Crippen molar-refractivity contribution in [2.75, 3.05) is 39.1 Å². The van der Waals surface area contributed by atoms with Crippen LogP contribution < -0.4 is 0 Å².